The lowest BCUT2D eigenvalue weighted by Crippen LogP contribution is -2.37. The molecular weight excluding hydrogens is 490 g/mol. The number of hydrogen-bond acceptors (Lipinski definition) is 8. The van der Waals surface area contributed by atoms with E-state index >= 15 is 0 Å². The van der Waals surface area contributed by atoms with Gasteiger partial charge in [-0.15, -0.1) is 0 Å². The number of fused-ring (bicyclic) bond motifs is 2. The van der Waals surface area contributed by atoms with Gasteiger partial charge >= 0.3 is 6.09 Å². The topological polar surface area (TPSA) is 166 Å². The molecule has 2 rings (SSSR count). The summed E-state index contributed by atoms with van der Waals surface area (Å²) in [5.41, 5.74) is 13.6. The molecule has 0 saturated heterocycles. The smallest absolute Gasteiger partial charge is 0.405 e. The number of aliphatic hydroxyl groups is 1. The first-order valence-corrected chi connectivity index (χ1v) is 12.5. The third-order valence-corrected chi connectivity index (χ3v) is 6.70. The van der Waals surface area contributed by atoms with E-state index < -0.39 is 30.5 Å². The zero-order chi connectivity index (χ0) is 28.6. The van der Waals surface area contributed by atoms with Crippen LogP contribution in [0, 0.1) is 11.8 Å². The summed E-state index contributed by atoms with van der Waals surface area (Å²) in [5.74, 6) is -0.780. The maximum absolute atomic E-state index is 12.8. The Morgan fingerprint density at radius 2 is 1.84 bits per heavy atom. The molecule has 1 aliphatic heterocycles. The second-order valence-electron chi connectivity index (χ2n) is 9.90. The fourth-order valence-electron chi connectivity index (χ4n) is 4.59. The lowest BCUT2D eigenvalue weighted by Gasteiger charge is -2.29. The first-order chi connectivity index (χ1) is 17.9. The molecule has 210 valence electrons. The van der Waals surface area contributed by atoms with Crippen molar-refractivity contribution in [2.75, 3.05) is 25.3 Å². The largest absolute Gasteiger partial charge is 0.506 e. The molecule has 1 heterocycles. The van der Waals surface area contributed by atoms with Gasteiger partial charge in [-0.2, -0.15) is 0 Å². The molecule has 1 aliphatic rings. The Bertz CT molecular complexity index is 1080. The highest BCUT2D eigenvalue weighted by Gasteiger charge is 2.29. The summed E-state index contributed by atoms with van der Waals surface area (Å²) < 4.78 is 16.5. The van der Waals surface area contributed by atoms with Crippen LogP contribution in [0.4, 0.5) is 16.2 Å². The van der Waals surface area contributed by atoms with E-state index in [0.29, 0.717) is 35.2 Å². The Kier molecular flexibility index (Phi) is 11.4. The van der Waals surface area contributed by atoms with Crippen LogP contribution in [0.3, 0.4) is 0 Å². The third-order valence-electron chi connectivity index (χ3n) is 6.70. The molecule has 7 N–H and O–H groups in total. The lowest BCUT2D eigenvalue weighted by molar-refractivity contribution is -0.112. The summed E-state index contributed by atoms with van der Waals surface area (Å²) >= 11 is 0. The predicted molar refractivity (Wildman–Crippen MR) is 147 cm³/mol. The molecule has 1 aromatic rings. The van der Waals surface area contributed by atoms with Crippen molar-refractivity contribution >= 4 is 23.4 Å². The van der Waals surface area contributed by atoms with Crippen LogP contribution in [0.2, 0.25) is 0 Å². The van der Waals surface area contributed by atoms with E-state index in [9.17, 15) is 19.8 Å². The number of phenolic OH excluding ortho intramolecular Hbond substituents is 1. The fourth-order valence-corrected chi connectivity index (χ4v) is 4.59. The van der Waals surface area contributed by atoms with E-state index in [1.54, 1.807) is 44.2 Å². The first-order valence-electron chi connectivity index (χ1n) is 12.5. The highest BCUT2D eigenvalue weighted by atomic mass is 16.6. The predicted octanol–water partition coefficient (Wildman–Crippen LogP) is 3.43. The van der Waals surface area contributed by atoms with Gasteiger partial charge < -0.3 is 41.2 Å². The van der Waals surface area contributed by atoms with Gasteiger partial charge in [-0.1, -0.05) is 38.2 Å². The second kappa shape index (κ2) is 14.0. The van der Waals surface area contributed by atoms with Crippen molar-refractivity contribution < 1.29 is 34.0 Å². The van der Waals surface area contributed by atoms with E-state index in [-0.39, 0.29) is 29.2 Å². The normalized spacial score (nSPS) is 31.3. The summed E-state index contributed by atoms with van der Waals surface area (Å²) in [5, 5.41) is 24.5. The number of aliphatic hydroxyl groups excluding tert-OH is 1. The number of allylic oxidation sites excluding steroid dienone is 2. The maximum Gasteiger partial charge on any atom is 0.405 e. The summed E-state index contributed by atoms with van der Waals surface area (Å²) in [6, 6.07) is 3.19. The van der Waals surface area contributed by atoms with Crippen molar-refractivity contribution in [3.63, 3.8) is 0 Å². The number of methoxy groups -OCH3 is 2. The van der Waals surface area contributed by atoms with Gasteiger partial charge in [0.05, 0.1) is 17.9 Å². The Balaban J connectivity index is 2.57. The number of carbonyl (C=O) groups is 2. The van der Waals surface area contributed by atoms with Gasteiger partial charge in [-0.25, -0.2) is 4.79 Å². The van der Waals surface area contributed by atoms with E-state index in [4.69, 9.17) is 25.7 Å². The summed E-state index contributed by atoms with van der Waals surface area (Å²) in [7, 11) is 3.00. The van der Waals surface area contributed by atoms with Crippen LogP contribution in [-0.4, -0.2) is 60.8 Å². The number of benzene rings is 1. The van der Waals surface area contributed by atoms with E-state index in [0.717, 1.165) is 0 Å². The zero-order valence-electron chi connectivity index (χ0n) is 22.9. The monoisotopic (exact) mass is 531 g/mol. The lowest BCUT2D eigenvalue weighted by atomic mass is 9.88. The molecule has 2 amide bonds. The maximum atomic E-state index is 12.8. The van der Waals surface area contributed by atoms with Gasteiger partial charge in [-0.05, 0) is 55.9 Å². The Hall–Kier alpha value is -3.34. The molecule has 0 aliphatic carbocycles. The minimum atomic E-state index is -0.969. The van der Waals surface area contributed by atoms with E-state index in [1.165, 1.54) is 20.3 Å². The number of amides is 2. The fraction of sp³-hybridized carbons (Fsp3) is 0.500. The third kappa shape index (κ3) is 8.34. The van der Waals surface area contributed by atoms with Gasteiger partial charge in [0.1, 0.15) is 11.9 Å². The number of phenols is 1. The standard InChI is InChI=1S/C28H41N3O7/c1-15-10-19-13-20(14-21(29)25(19)33)31-27(34)16(2)8-7-9-22(36-5)26(38-28(30)35)18(4)12-17(3)24(32)23(11-15)37-6/h7-9,12-15,17,22-24,26,32-33H,10-11,29H2,1-6H3,(H2,30,35)(H,31,34)/b9-7+,16-8-,18-12-/t15-,17-,22+,23-,24+,26+/m0/s1. The molecule has 0 aromatic heterocycles. The molecule has 0 radical (unpaired) electrons. The number of ether oxygens (including phenoxy) is 3. The van der Waals surface area contributed by atoms with Crippen molar-refractivity contribution in [3.8, 4) is 5.75 Å². The summed E-state index contributed by atoms with van der Waals surface area (Å²) in [6.07, 6.45) is 3.65. The van der Waals surface area contributed by atoms with Crippen LogP contribution in [0.5, 0.6) is 5.75 Å². The first kappa shape index (κ1) is 30.9. The summed E-state index contributed by atoms with van der Waals surface area (Å²) in [6.45, 7) is 7.23. The molecule has 10 nitrogen and oxygen atoms in total. The molecule has 0 saturated carbocycles. The van der Waals surface area contributed by atoms with Crippen LogP contribution in [0.25, 0.3) is 0 Å². The molecule has 10 heteroatoms. The average molecular weight is 532 g/mol. The van der Waals surface area contributed by atoms with Gasteiger partial charge in [0, 0.05) is 31.4 Å². The Labute approximate surface area is 224 Å². The number of primary amides is 1. The minimum absolute atomic E-state index is 0.0140. The molecule has 6 atom stereocenters. The van der Waals surface area contributed by atoms with Crippen molar-refractivity contribution in [2.45, 2.75) is 65.0 Å². The number of nitrogens with two attached hydrogens (primary N) is 2. The van der Waals surface area contributed by atoms with Crippen molar-refractivity contribution in [1.29, 1.82) is 0 Å². The number of aromatic hydroxyl groups is 1. The van der Waals surface area contributed by atoms with Crippen LogP contribution < -0.4 is 16.8 Å². The van der Waals surface area contributed by atoms with Crippen LogP contribution in [-0.2, 0) is 25.4 Å². The number of anilines is 2. The molecule has 0 spiro atoms. The Morgan fingerprint density at radius 1 is 1.16 bits per heavy atom. The highest BCUT2D eigenvalue weighted by molar-refractivity contribution is 6.03. The summed E-state index contributed by atoms with van der Waals surface area (Å²) in [4.78, 5) is 24.5. The quantitative estimate of drug-likeness (QED) is 0.171. The van der Waals surface area contributed by atoms with Crippen LogP contribution in [0.15, 0.2) is 47.6 Å². The van der Waals surface area contributed by atoms with Crippen molar-refractivity contribution in [3.05, 3.63) is 53.1 Å². The number of carbonyl (C=O) groups excluding carboxylic acids is 2. The molecule has 38 heavy (non-hydrogen) atoms. The highest BCUT2D eigenvalue weighted by Crippen LogP contribution is 2.33. The molecule has 0 unspecified atom stereocenters. The second-order valence-corrected chi connectivity index (χ2v) is 9.90. The van der Waals surface area contributed by atoms with Gasteiger partial charge in [0.15, 0.2) is 6.10 Å². The van der Waals surface area contributed by atoms with Gasteiger partial charge in [0.2, 0.25) is 0 Å². The zero-order valence-corrected chi connectivity index (χ0v) is 22.9. The van der Waals surface area contributed by atoms with Crippen LogP contribution >= 0.6 is 0 Å². The number of rotatable bonds is 3. The number of hydrogen-bond donors (Lipinski definition) is 5. The van der Waals surface area contributed by atoms with Gasteiger partial charge in [-0.3, -0.25) is 4.79 Å². The molecule has 2 bridgehead atoms. The molecule has 0 fully saturated rings. The Morgan fingerprint density at radius 3 is 2.45 bits per heavy atom. The van der Waals surface area contributed by atoms with E-state index in [2.05, 4.69) is 5.32 Å². The molecular formula is C28H41N3O7. The molecule has 1 aromatic carbocycles. The van der Waals surface area contributed by atoms with Crippen molar-refractivity contribution in [2.24, 2.45) is 17.6 Å². The average Bonchev–Trinajstić information content (AvgIpc) is 2.85. The number of nitrogens with one attached hydrogen (secondary N) is 1. The van der Waals surface area contributed by atoms with E-state index in [1.807, 2.05) is 13.8 Å². The van der Waals surface area contributed by atoms with Crippen LogP contribution in [0.1, 0.15) is 39.7 Å². The minimum Gasteiger partial charge on any atom is -0.506 e. The number of nitrogen functional groups attached to an aromatic ring is 1. The van der Waals surface area contributed by atoms with Gasteiger partial charge in [0.25, 0.3) is 5.91 Å². The van der Waals surface area contributed by atoms with Crippen molar-refractivity contribution in [1.82, 2.24) is 0 Å². The SMILES string of the molecule is CO[C@H]1C[C@@H](C)Cc2cc(cc(N)c2O)NC(=O)/C(C)=C\C=C\[C@@H](OC)[C@H](OC(N)=O)/C(C)=C\[C@H](C)[C@H]1O.